The number of thiocarbonyl (C=S) groups is 1. The maximum atomic E-state index is 6.62. The fraction of sp³-hybridized carbons (Fsp3) is 0.317. The van der Waals surface area contributed by atoms with Gasteiger partial charge in [-0.1, -0.05) is 93.3 Å². The lowest BCUT2D eigenvalue weighted by atomic mass is 9.99. The number of thiophene rings is 1. The van der Waals surface area contributed by atoms with Crippen molar-refractivity contribution in [2.24, 2.45) is 4.99 Å². The molecule has 1 fully saturated rings. The molecule has 3 aromatic heterocycles. The second kappa shape index (κ2) is 14.2. The summed E-state index contributed by atoms with van der Waals surface area (Å²) in [5, 5.41) is 3.24. The van der Waals surface area contributed by atoms with Crippen LogP contribution in [-0.4, -0.2) is 41.6 Å². The summed E-state index contributed by atoms with van der Waals surface area (Å²) in [5.74, 6) is 0.849. The molecule has 3 aliphatic rings. The van der Waals surface area contributed by atoms with E-state index in [0.29, 0.717) is 12.5 Å². The molecule has 4 heterocycles. The molecule has 1 saturated carbocycles. The van der Waals surface area contributed by atoms with Gasteiger partial charge in [-0.25, -0.2) is 4.99 Å². The number of fused-ring (bicyclic) bond motifs is 2. The van der Waals surface area contributed by atoms with Gasteiger partial charge < -0.3 is 18.8 Å². The number of allylic oxidation sites excluding steroid dienone is 4. The number of anilines is 1. The van der Waals surface area contributed by atoms with Gasteiger partial charge in [0.25, 0.3) is 0 Å². The summed E-state index contributed by atoms with van der Waals surface area (Å²) in [4.78, 5) is 10.5. The Bertz CT molecular complexity index is 2210. The molecule has 253 valence electrons. The van der Waals surface area contributed by atoms with Gasteiger partial charge in [-0.3, -0.25) is 0 Å². The highest BCUT2D eigenvalue weighted by atomic mass is 32.1. The lowest BCUT2D eigenvalue weighted by Gasteiger charge is -2.22. The second-order valence-corrected chi connectivity index (χ2v) is 15.2. The van der Waals surface area contributed by atoms with Crippen molar-refractivity contribution >= 4 is 68.6 Å². The normalized spacial score (nSPS) is 15.6. The summed E-state index contributed by atoms with van der Waals surface area (Å²) in [6, 6.07) is 13.3. The van der Waals surface area contributed by atoms with E-state index in [2.05, 4.69) is 89.9 Å². The first-order valence-electron chi connectivity index (χ1n) is 17.3. The lowest BCUT2D eigenvalue weighted by molar-refractivity contribution is 0.494. The molecule has 2 aliphatic carbocycles. The van der Waals surface area contributed by atoms with Crippen molar-refractivity contribution < 1.29 is 5.84 Å². The monoisotopic (exact) mass is 705 g/mol. The van der Waals surface area contributed by atoms with Crippen LogP contribution in [0.5, 0.6) is 0 Å². The highest BCUT2D eigenvalue weighted by Crippen LogP contribution is 2.38. The molecule has 0 atom stereocenters. The van der Waals surface area contributed by atoms with Crippen molar-refractivity contribution in [3.8, 4) is 11.1 Å². The molecule has 4 aromatic rings. The molecule has 0 spiro atoms. The molecule has 0 N–H and O–H groups in total. The van der Waals surface area contributed by atoms with Crippen LogP contribution in [0.1, 0.15) is 70.6 Å². The van der Waals surface area contributed by atoms with E-state index < -0.39 is 0 Å². The van der Waals surface area contributed by atoms with Crippen molar-refractivity contribution in [1.29, 1.82) is 0 Å². The zero-order valence-electron chi connectivity index (χ0n) is 28.6. The minimum atomic E-state index is 0. The Morgan fingerprint density at radius 2 is 1.88 bits per heavy atom. The summed E-state index contributed by atoms with van der Waals surface area (Å²) in [6.45, 7) is 12.9. The standard InChI is InChI=1S/C41H43N4OS3.H2/c1-6-18-44(19-17-28-11-12-28)37-24-36(47)39-38(46-37)34(25-49-39)30-15-13-29(14-16-30)27(3)22-32-21-26(2)20-31-23-35(41(48)43(4)5)45(40(31)42-32)33-9-7-8-10-33;/h11-16,20-21,23-25,33H,2-3,6-10,17-19,22H2,1,4-5H3;1H. The maximum absolute atomic E-state index is 6.62. The molecule has 8 heteroatoms. The number of hydrogen-bond acceptors (Lipinski definition) is 6. The number of benzene rings is 1. The highest BCUT2D eigenvalue weighted by molar-refractivity contribution is 7.80. The Morgan fingerprint density at radius 3 is 2.57 bits per heavy atom. The third kappa shape index (κ3) is 7.09. The SMILES string of the molecule is C=C1C=C(CC(=C)c2ccc(-c3csc4c(=S)cc(N(CCC)CCC5=C[CH]5)oc34)cc2)N=c2c(cc(C(=S)N(C)C)n2C2CCCC2)=C1.[HH]. The van der Waals surface area contributed by atoms with E-state index >= 15 is 0 Å². The van der Waals surface area contributed by atoms with Gasteiger partial charge in [0.05, 0.1) is 14.9 Å². The summed E-state index contributed by atoms with van der Waals surface area (Å²) in [7, 11) is 4.02. The number of nitrogens with zero attached hydrogens (tertiary/aromatic N) is 4. The zero-order valence-corrected chi connectivity index (χ0v) is 31.1. The van der Waals surface area contributed by atoms with Crippen LogP contribution >= 0.6 is 35.8 Å². The Balaban J connectivity index is 0.00000432. The van der Waals surface area contributed by atoms with E-state index in [1.807, 2.05) is 25.1 Å². The van der Waals surface area contributed by atoms with Gasteiger partial charge in [0.1, 0.15) is 10.5 Å². The molecule has 7 rings (SSSR count). The largest absolute Gasteiger partial charge is 0.439 e. The summed E-state index contributed by atoms with van der Waals surface area (Å²) < 4.78 is 10.9. The average molecular weight is 706 g/mol. The molecule has 1 aliphatic heterocycles. The Labute approximate surface area is 305 Å². The fourth-order valence-corrected chi connectivity index (χ4v) is 8.39. The van der Waals surface area contributed by atoms with Crippen LogP contribution in [0.15, 0.2) is 93.3 Å². The molecular formula is C41H45N4OS3. The zero-order chi connectivity index (χ0) is 34.2. The summed E-state index contributed by atoms with van der Waals surface area (Å²) >= 11 is 13.4. The predicted molar refractivity (Wildman–Crippen MR) is 215 cm³/mol. The Morgan fingerprint density at radius 1 is 1.12 bits per heavy atom. The van der Waals surface area contributed by atoms with Crippen LogP contribution in [0.25, 0.3) is 33.1 Å². The molecule has 0 unspecified atom stereocenters. The summed E-state index contributed by atoms with van der Waals surface area (Å²) in [6.07, 6.45) is 16.0. The molecule has 0 saturated heterocycles. The molecule has 1 aromatic carbocycles. The van der Waals surface area contributed by atoms with E-state index in [-0.39, 0.29) is 1.43 Å². The van der Waals surface area contributed by atoms with Gasteiger partial charge in [0.15, 0.2) is 11.5 Å². The van der Waals surface area contributed by atoms with E-state index in [1.165, 1.54) is 18.4 Å². The molecular weight excluding hydrogens is 661 g/mol. The number of aromatic nitrogens is 1. The molecule has 5 nitrogen and oxygen atoms in total. The smallest absolute Gasteiger partial charge is 0.197 e. The first-order valence-corrected chi connectivity index (χ1v) is 19.0. The van der Waals surface area contributed by atoms with Gasteiger partial charge in [0.2, 0.25) is 0 Å². The predicted octanol–water partition coefficient (Wildman–Crippen LogP) is 10.00. The van der Waals surface area contributed by atoms with Gasteiger partial charge in [-0.15, -0.1) is 11.3 Å². The molecule has 1 radical (unpaired) electrons. The lowest BCUT2D eigenvalue weighted by Crippen LogP contribution is -2.33. The first kappa shape index (κ1) is 33.6. The minimum Gasteiger partial charge on any atom is -0.439 e. The second-order valence-electron chi connectivity index (χ2n) is 13.5. The molecule has 0 amide bonds. The van der Waals surface area contributed by atoms with Gasteiger partial charge in [-0.2, -0.15) is 0 Å². The van der Waals surface area contributed by atoms with Gasteiger partial charge >= 0.3 is 0 Å². The third-order valence-corrected chi connectivity index (χ3v) is 11.6. The highest BCUT2D eigenvalue weighted by Gasteiger charge is 2.24. The van der Waals surface area contributed by atoms with Crippen molar-refractivity contribution in [1.82, 2.24) is 9.47 Å². The van der Waals surface area contributed by atoms with Crippen molar-refractivity contribution in [3.63, 3.8) is 0 Å². The fourth-order valence-electron chi connectivity index (χ4n) is 6.98. The Hall–Kier alpha value is -3.85. The molecule has 49 heavy (non-hydrogen) atoms. The van der Waals surface area contributed by atoms with Gasteiger partial charge in [0, 0.05) is 75.4 Å². The van der Waals surface area contributed by atoms with Crippen LogP contribution in [0.3, 0.4) is 0 Å². The first-order chi connectivity index (χ1) is 23.7. The van der Waals surface area contributed by atoms with Crippen LogP contribution < -0.4 is 15.6 Å². The number of hydrogen-bond donors (Lipinski definition) is 0. The minimum absolute atomic E-state index is 0. The Kier molecular flexibility index (Phi) is 9.73. The van der Waals surface area contributed by atoms with Crippen molar-refractivity contribution in [2.75, 3.05) is 32.1 Å². The summed E-state index contributed by atoms with van der Waals surface area (Å²) in [5.41, 5.74) is 10.5. The van der Waals surface area contributed by atoms with E-state index in [0.717, 1.165) is 114 Å². The number of rotatable bonds is 12. The average Bonchev–Trinajstić information content (AvgIpc) is 3.44. The van der Waals surface area contributed by atoms with E-state index in [1.54, 1.807) is 11.3 Å². The van der Waals surface area contributed by atoms with E-state index in [9.17, 15) is 0 Å². The van der Waals surface area contributed by atoms with Crippen LogP contribution in [0.2, 0.25) is 0 Å². The quantitative estimate of drug-likeness (QED) is 0.137. The third-order valence-electron chi connectivity index (χ3n) is 9.60. The topological polar surface area (TPSA) is 36.9 Å². The van der Waals surface area contributed by atoms with E-state index in [4.69, 9.17) is 33.8 Å². The van der Waals surface area contributed by atoms with Crippen molar-refractivity contribution in [3.05, 3.63) is 117 Å². The molecule has 0 bridgehead atoms. The van der Waals surface area contributed by atoms with Crippen LogP contribution in [-0.2, 0) is 0 Å². The maximum Gasteiger partial charge on any atom is 0.197 e. The van der Waals surface area contributed by atoms with Crippen molar-refractivity contribution in [2.45, 2.75) is 57.9 Å². The van der Waals surface area contributed by atoms with Crippen LogP contribution in [0, 0.1) is 10.9 Å². The van der Waals surface area contributed by atoms with Gasteiger partial charge in [-0.05, 0) is 66.2 Å². The van der Waals surface area contributed by atoms with Crippen LogP contribution in [0.4, 0.5) is 5.88 Å².